The lowest BCUT2D eigenvalue weighted by atomic mass is 10.1. The van der Waals surface area contributed by atoms with Crippen LogP contribution in [0.4, 0.5) is 10.5 Å². The molecule has 3 aromatic rings. The van der Waals surface area contributed by atoms with Crippen LogP contribution in [-0.4, -0.2) is 27.5 Å². The molecule has 0 aliphatic heterocycles. The number of rotatable bonds is 3. The fraction of sp³-hybridized carbons (Fsp3) is 0.190. The van der Waals surface area contributed by atoms with E-state index in [2.05, 4.69) is 9.98 Å². The lowest BCUT2D eigenvalue weighted by Crippen LogP contribution is -2.26. The summed E-state index contributed by atoms with van der Waals surface area (Å²) in [6.45, 7) is 5.47. The van der Waals surface area contributed by atoms with Crippen LogP contribution >= 0.6 is 11.6 Å². The quantitative estimate of drug-likeness (QED) is 0.544. The number of hydrogen-bond acceptors (Lipinski definition) is 4. The highest BCUT2D eigenvalue weighted by atomic mass is 35.5. The first-order valence-corrected chi connectivity index (χ1v) is 8.85. The normalized spacial score (nSPS) is 11.7. The van der Waals surface area contributed by atoms with Crippen LogP contribution < -0.4 is 0 Å². The zero-order valence-corrected chi connectivity index (χ0v) is 16.1. The van der Waals surface area contributed by atoms with E-state index in [0.29, 0.717) is 10.7 Å². The molecule has 0 saturated heterocycles. The third-order valence-electron chi connectivity index (χ3n) is 3.56. The van der Waals surface area contributed by atoms with Crippen LogP contribution in [-0.2, 0) is 4.74 Å². The molecule has 2 aromatic carbocycles. The molecule has 5 nitrogen and oxygen atoms in total. The van der Waals surface area contributed by atoms with E-state index in [1.807, 2.05) is 69.3 Å². The zero-order chi connectivity index (χ0) is 19.4. The molecule has 1 heterocycles. The SMILES string of the molecule is CC(C)(C)OC(=O)n1cnc(-c2ccc(N=Cc3cccc(Cl)c3)cc2)c1. The Morgan fingerprint density at radius 2 is 1.93 bits per heavy atom. The van der Waals surface area contributed by atoms with Gasteiger partial charge in [-0.2, -0.15) is 0 Å². The van der Waals surface area contributed by atoms with Gasteiger partial charge in [0, 0.05) is 23.0 Å². The van der Waals surface area contributed by atoms with Gasteiger partial charge >= 0.3 is 6.09 Å². The molecule has 0 fully saturated rings. The van der Waals surface area contributed by atoms with Crippen LogP contribution in [0, 0.1) is 0 Å². The Hall–Kier alpha value is -2.92. The van der Waals surface area contributed by atoms with Gasteiger partial charge in [-0.05, 0) is 50.6 Å². The molecule has 0 N–H and O–H groups in total. The van der Waals surface area contributed by atoms with E-state index in [4.69, 9.17) is 16.3 Å². The van der Waals surface area contributed by atoms with Gasteiger partial charge < -0.3 is 4.74 Å². The topological polar surface area (TPSA) is 56.5 Å². The van der Waals surface area contributed by atoms with E-state index in [1.54, 1.807) is 12.4 Å². The molecule has 0 radical (unpaired) electrons. The van der Waals surface area contributed by atoms with Gasteiger partial charge in [0.2, 0.25) is 0 Å². The van der Waals surface area contributed by atoms with Gasteiger partial charge in [0.15, 0.2) is 0 Å². The summed E-state index contributed by atoms with van der Waals surface area (Å²) in [6, 6.07) is 15.1. The molecular weight excluding hydrogens is 362 g/mol. The molecule has 0 unspecified atom stereocenters. The second-order valence-corrected chi connectivity index (χ2v) is 7.44. The third kappa shape index (κ3) is 5.28. The maximum Gasteiger partial charge on any atom is 0.419 e. The summed E-state index contributed by atoms with van der Waals surface area (Å²) < 4.78 is 6.67. The van der Waals surface area contributed by atoms with Gasteiger partial charge in [0.05, 0.1) is 11.4 Å². The van der Waals surface area contributed by atoms with Crippen molar-refractivity contribution in [2.75, 3.05) is 0 Å². The van der Waals surface area contributed by atoms with Crippen molar-refractivity contribution in [3.05, 3.63) is 71.6 Å². The van der Waals surface area contributed by atoms with Crippen LogP contribution in [0.3, 0.4) is 0 Å². The number of nitrogens with zero attached hydrogens (tertiary/aromatic N) is 3. The molecule has 0 bridgehead atoms. The Morgan fingerprint density at radius 1 is 1.19 bits per heavy atom. The lowest BCUT2D eigenvalue weighted by Gasteiger charge is -2.19. The fourth-order valence-corrected chi connectivity index (χ4v) is 2.54. The van der Waals surface area contributed by atoms with Crippen LogP contribution in [0.25, 0.3) is 11.3 Å². The predicted molar refractivity (Wildman–Crippen MR) is 108 cm³/mol. The number of halogens is 1. The van der Waals surface area contributed by atoms with E-state index in [9.17, 15) is 4.79 Å². The summed E-state index contributed by atoms with van der Waals surface area (Å²) in [7, 11) is 0. The van der Waals surface area contributed by atoms with E-state index in [0.717, 1.165) is 16.8 Å². The summed E-state index contributed by atoms with van der Waals surface area (Å²) in [5.74, 6) is 0. The highest BCUT2D eigenvalue weighted by molar-refractivity contribution is 6.30. The molecule has 1 aromatic heterocycles. The van der Waals surface area contributed by atoms with Gasteiger partial charge in [-0.3, -0.25) is 4.99 Å². The van der Waals surface area contributed by atoms with E-state index < -0.39 is 11.7 Å². The second-order valence-electron chi connectivity index (χ2n) is 7.01. The number of hydrogen-bond donors (Lipinski definition) is 0. The molecule has 0 atom stereocenters. The molecule has 6 heteroatoms. The molecule has 0 amide bonds. The number of carbonyl (C=O) groups is 1. The zero-order valence-electron chi connectivity index (χ0n) is 15.4. The monoisotopic (exact) mass is 381 g/mol. The summed E-state index contributed by atoms with van der Waals surface area (Å²) >= 11 is 5.97. The number of aromatic nitrogens is 2. The fourth-order valence-electron chi connectivity index (χ4n) is 2.34. The van der Waals surface area contributed by atoms with Gasteiger partial charge in [-0.15, -0.1) is 0 Å². The lowest BCUT2D eigenvalue weighted by molar-refractivity contribution is 0.0536. The van der Waals surface area contributed by atoms with Crippen molar-refractivity contribution in [1.29, 1.82) is 0 Å². The van der Waals surface area contributed by atoms with E-state index in [1.165, 1.54) is 10.9 Å². The Kier molecular flexibility index (Phi) is 5.42. The van der Waals surface area contributed by atoms with Crippen molar-refractivity contribution < 1.29 is 9.53 Å². The molecule has 0 spiro atoms. The van der Waals surface area contributed by atoms with Gasteiger partial charge in [0.1, 0.15) is 11.9 Å². The predicted octanol–water partition coefficient (Wildman–Crippen LogP) is 5.74. The van der Waals surface area contributed by atoms with Crippen molar-refractivity contribution in [3.8, 4) is 11.3 Å². The van der Waals surface area contributed by atoms with Crippen LogP contribution in [0.2, 0.25) is 5.02 Å². The minimum Gasteiger partial charge on any atom is -0.443 e. The minimum atomic E-state index is -0.551. The Morgan fingerprint density at radius 3 is 2.59 bits per heavy atom. The first-order chi connectivity index (χ1) is 12.8. The molecule has 0 saturated carbocycles. The van der Waals surface area contributed by atoms with Crippen molar-refractivity contribution in [1.82, 2.24) is 9.55 Å². The minimum absolute atomic E-state index is 0.455. The number of benzene rings is 2. The molecular formula is C21H20ClN3O2. The van der Waals surface area contributed by atoms with Gasteiger partial charge in [-0.1, -0.05) is 35.9 Å². The Bertz CT molecular complexity index is 970. The van der Waals surface area contributed by atoms with Crippen molar-refractivity contribution in [2.24, 2.45) is 4.99 Å². The average molecular weight is 382 g/mol. The first-order valence-electron chi connectivity index (χ1n) is 8.48. The van der Waals surface area contributed by atoms with Crippen molar-refractivity contribution >= 4 is 29.6 Å². The Labute approximate surface area is 163 Å². The smallest absolute Gasteiger partial charge is 0.419 e. The highest BCUT2D eigenvalue weighted by Gasteiger charge is 2.18. The molecule has 3 rings (SSSR count). The summed E-state index contributed by atoms with van der Waals surface area (Å²) in [6.07, 6.45) is 4.41. The van der Waals surface area contributed by atoms with Gasteiger partial charge in [0.25, 0.3) is 0 Å². The summed E-state index contributed by atoms with van der Waals surface area (Å²) in [4.78, 5) is 20.8. The summed E-state index contributed by atoms with van der Waals surface area (Å²) in [5.41, 5.74) is 2.77. The van der Waals surface area contributed by atoms with Crippen LogP contribution in [0.15, 0.2) is 66.0 Å². The number of ether oxygens (including phenoxy) is 1. The van der Waals surface area contributed by atoms with E-state index in [-0.39, 0.29) is 0 Å². The standard InChI is InChI=1S/C21H20ClN3O2/c1-21(2,3)27-20(26)25-13-19(24-14-25)16-7-9-18(10-8-16)23-12-15-5-4-6-17(22)11-15/h4-14H,1-3H3. The first kappa shape index (κ1) is 18.9. The summed E-state index contributed by atoms with van der Waals surface area (Å²) in [5, 5.41) is 0.676. The average Bonchev–Trinajstić information content (AvgIpc) is 3.09. The molecule has 138 valence electrons. The molecule has 0 aliphatic carbocycles. The van der Waals surface area contributed by atoms with Crippen LogP contribution in [0.1, 0.15) is 26.3 Å². The Balaban J connectivity index is 1.71. The maximum atomic E-state index is 12.1. The van der Waals surface area contributed by atoms with Crippen molar-refractivity contribution in [3.63, 3.8) is 0 Å². The van der Waals surface area contributed by atoms with Gasteiger partial charge in [-0.25, -0.2) is 14.3 Å². The number of aliphatic imine (C=N–C) groups is 1. The third-order valence-corrected chi connectivity index (χ3v) is 3.80. The largest absolute Gasteiger partial charge is 0.443 e. The van der Waals surface area contributed by atoms with Crippen molar-refractivity contribution in [2.45, 2.75) is 26.4 Å². The number of imidazole rings is 1. The molecule has 0 aliphatic rings. The maximum absolute atomic E-state index is 12.1. The number of carbonyl (C=O) groups excluding carboxylic acids is 1. The molecule has 27 heavy (non-hydrogen) atoms. The van der Waals surface area contributed by atoms with E-state index >= 15 is 0 Å². The van der Waals surface area contributed by atoms with Crippen LogP contribution in [0.5, 0.6) is 0 Å². The highest BCUT2D eigenvalue weighted by Crippen LogP contribution is 2.22. The second kappa shape index (κ2) is 7.76.